The van der Waals surface area contributed by atoms with Crippen molar-refractivity contribution in [3.63, 3.8) is 0 Å². The SMILES string of the molecule is O=C(NC1CC2C(=O)Nc3ccccc3N2C1)c1cc(-c2cccs2)[nH]n1. The molecule has 136 valence electrons. The molecule has 7 nitrogen and oxygen atoms in total. The van der Waals surface area contributed by atoms with Crippen LogP contribution in [0.1, 0.15) is 16.9 Å². The van der Waals surface area contributed by atoms with Crippen LogP contribution >= 0.6 is 11.3 Å². The van der Waals surface area contributed by atoms with Gasteiger partial charge in [0.15, 0.2) is 5.69 Å². The summed E-state index contributed by atoms with van der Waals surface area (Å²) in [6, 6.07) is 13.1. The Morgan fingerprint density at radius 2 is 2.15 bits per heavy atom. The van der Waals surface area contributed by atoms with Crippen LogP contribution in [0.3, 0.4) is 0 Å². The monoisotopic (exact) mass is 379 g/mol. The third-order valence-electron chi connectivity index (χ3n) is 5.01. The second kappa shape index (κ2) is 6.24. The van der Waals surface area contributed by atoms with Gasteiger partial charge in [-0.15, -0.1) is 11.3 Å². The smallest absolute Gasteiger partial charge is 0.272 e. The van der Waals surface area contributed by atoms with Gasteiger partial charge in [0, 0.05) is 12.6 Å². The maximum absolute atomic E-state index is 12.6. The van der Waals surface area contributed by atoms with Gasteiger partial charge in [-0.3, -0.25) is 14.7 Å². The lowest BCUT2D eigenvalue weighted by Crippen LogP contribution is -2.44. The van der Waals surface area contributed by atoms with Crippen molar-refractivity contribution in [2.75, 3.05) is 16.8 Å². The van der Waals surface area contributed by atoms with Gasteiger partial charge in [-0.2, -0.15) is 5.10 Å². The number of rotatable bonds is 3. The second-order valence-electron chi connectivity index (χ2n) is 6.72. The van der Waals surface area contributed by atoms with E-state index in [1.54, 1.807) is 17.4 Å². The van der Waals surface area contributed by atoms with Gasteiger partial charge in [0.2, 0.25) is 5.91 Å². The van der Waals surface area contributed by atoms with Crippen LogP contribution in [0.25, 0.3) is 10.6 Å². The molecular formula is C19H17N5O2S. The minimum absolute atomic E-state index is 0.0230. The molecule has 0 bridgehead atoms. The molecule has 1 fully saturated rings. The van der Waals surface area contributed by atoms with Crippen LogP contribution in [0.5, 0.6) is 0 Å². The molecule has 0 aliphatic carbocycles. The summed E-state index contributed by atoms with van der Waals surface area (Å²) in [6.07, 6.45) is 0.577. The third kappa shape index (κ3) is 2.78. The molecule has 2 aliphatic heterocycles. The first-order valence-electron chi connectivity index (χ1n) is 8.76. The number of amides is 2. The number of H-pyrrole nitrogens is 1. The quantitative estimate of drug-likeness (QED) is 0.652. The number of fused-ring (bicyclic) bond motifs is 3. The Morgan fingerprint density at radius 1 is 1.26 bits per heavy atom. The van der Waals surface area contributed by atoms with Gasteiger partial charge in [0.1, 0.15) is 6.04 Å². The maximum Gasteiger partial charge on any atom is 0.272 e. The number of anilines is 2. The zero-order chi connectivity index (χ0) is 18.4. The largest absolute Gasteiger partial charge is 0.356 e. The van der Waals surface area contributed by atoms with Crippen LogP contribution in [0.2, 0.25) is 0 Å². The van der Waals surface area contributed by atoms with E-state index in [0.29, 0.717) is 18.7 Å². The normalized spacial score (nSPS) is 20.7. The lowest BCUT2D eigenvalue weighted by Gasteiger charge is -2.32. The zero-order valence-electron chi connectivity index (χ0n) is 14.3. The molecule has 4 heterocycles. The minimum atomic E-state index is -0.258. The molecule has 27 heavy (non-hydrogen) atoms. The molecule has 3 aromatic rings. The van der Waals surface area contributed by atoms with Crippen LogP contribution in [0.15, 0.2) is 47.8 Å². The van der Waals surface area contributed by atoms with Crippen molar-refractivity contribution in [3.05, 3.63) is 53.5 Å². The first-order valence-corrected chi connectivity index (χ1v) is 9.64. The molecule has 1 saturated heterocycles. The highest BCUT2D eigenvalue weighted by Crippen LogP contribution is 2.36. The van der Waals surface area contributed by atoms with E-state index >= 15 is 0 Å². The molecule has 1 aromatic carbocycles. The van der Waals surface area contributed by atoms with E-state index in [9.17, 15) is 9.59 Å². The number of aromatic nitrogens is 2. The molecule has 2 aromatic heterocycles. The zero-order valence-corrected chi connectivity index (χ0v) is 15.1. The van der Waals surface area contributed by atoms with Gasteiger partial charge in [-0.05, 0) is 36.1 Å². The highest BCUT2D eigenvalue weighted by atomic mass is 32.1. The van der Waals surface area contributed by atoms with Gasteiger partial charge >= 0.3 is 0 Å². The number of hydrogen-bond donors (Lipinski definition) is 3. The van der Waals surface area contributed by atoms with Crippen LogP contribution in [0, 0.1) is 0 Å². The average Bonchev–Trinajstić information content (AvgIpc) is 3.41. The summed E-state index contributed by atoms with van der Waals surface area (Å²) in [5.74, 6) is -0.252. The van der Waals surface area contributed by atoms with Crippen LogP contribution in [0.4, 0.5) is 11.4 Å². The van der Waals surface area contributed by atoms with E-state index < -0.39 is 0 Å². The Kier molecular flexibility index (Phi) is 3.71. The number of aromatic amines is 1. The molecular weight excluding hydrogens is 362 g/mol. The first-order chi connectivity index (χ1) is 13.2. The number of carbonyl (C=O) groups is 2. The van der Waals surface area contributed by atoms with E-state index in [0.717, 1.165) is 21.9 Å². The summed E-state index contributed by atoms with van der Waals surface area (Å²) in [5.41, 5.74) is 3.00. The number of benzene rings is 1. The summed E-state index contributed by atoms with van der Waals surface area (Å²) in [5, 5.41) is 15.0. The average molecular weight is 379 g/mol. The topological polar surface area (TPSA) is 90.1 Å². The third-order valence-corrected chi connectivity index (χ3v) is 5.91. The van der Waals surface area contributed by atoms with Gasteiger partial charge in [0.25, 0.3) is 5.91 Å². The van der Waals surface area contributed by atoms with Crippen LogP contribution in [-0.4, -0.2) is 40.6 Å². The summed E-state index contributed by atoms with van der Waals surface area (Å²) < 4.78 is 0. The molecule has 2 aliphatic rings. The second-order valence-corrected chi connectivity index (χ2v) is 7.67. The molecule has 0 radical (unpaired) electrons. The molecule has 5 rings (SSSR count). The molecule has 3 N–H and O–H groups in total. The number of para-hydroxylation sites is 2. The Bertz CT molecular complexity index is 1010. The molecule has 0 spiro atoms. The van der Waals surface area contributed by atoms with Crippen molar-refractivity contribution >= 4 is 34.5 Å². The van der Waals surface area contributed by atoms with Crippen molar-refractivity contribution in [1.29, 1.82) is 0 Å². The van der Waals surface area contributed by atoms with Crippen molar-refractivity contribution < 1.29 is 9.59 Å². The Morgan fingerprint density at radius 3 is 3.00 bits per heavy atom. The number of nitrogens with zero attached hydrogens (tertiary/aromatic N) is 2. The van der Waals surface area contributed by atoms with Crippen molar-refractivity contribution in [2.24, 2.45) is 0 Å². The fourth-order valence-electron chi connectivity index (χ4n) is 3.76. The number of hydrogen-bond acceptors (Lipinski definition) is 5. The number of thiophene rings is 1. The number of nitrogens with one attached hydrogen (secondary N) is 3. The van der Waals surface area contributed by atoms with E-state index in [-0.39, 0.29) is 23.9 Å². The van der Waals surface area contributed by atoms with Crippen molar-refractivity contribution in [3.8, 4) is 10.6 Å². The summed E-state index contributed by atoms with van der Waals surface area (Å²) in [7, 11) is 0. The lowest BCUT2D eigenvalue weighted by molar-refractivity contribution is -0.117. The minimum Gasteiger partial charge on any atom is -0.356 e. The molecule has 2 atom stereocenters. The van der Waals surface area contributed by atoms with Crippen LogP contribution < -0.4 is 15.5 Å². The van der Waals surface area contributed by atoms with Crippen LogP contribution in [-0.2, 0) is 4.79 Å². The summed E-state index contributed by atoms with van der Waals surface area (Å²) in [4.78, 5) is 28.1. The fourth-order valence-corrected chi connectivity index (χ4v) is 4.45. The Labute approximate surface area is 159 Å². The van der Waals surface area contributed by atoms with Crippen molar-refractivity contribution in [1.82, 2.24) is 15.5 Å². The van der Waals surface area contributed by atoms with Gasteiger partial charge in [-0.1, -0.05) is 18.2 Å². The van der Waals surface area contributed by atoms with E-state index in [1.807, 2.05) is 41.8 Å². The van der Waals surface area contributed by atoms with Gasteiger partial charge < -0.3 is 15.5 Å². The van der Waals surface area contributed by atoms with E-state index in [2.05, 4.69) is 25.7 Å². The van der Waals surface area contributed by atoms with Gasteiger partial charge in [-0.25, -0.2) is 0 Å². The summed E-state index contributed by atoms with van der Waals surface area (Å²) >= 11 is 1.59. The first kappa shape index (κ1) is 16.1. The Hall–Kier alpha value is -3.13. The predicted octanol–water partition coefficient (Wildman–Crippen LogP) is 2.47. The fraction of sp³-hybridized carbons (Fsp3) is 0.211. The molecule has 8 heteroatoms. The predicted molar refractivity (Wildman–Crippen MR) is 104 cm³/mol. The standard InChI is InChI=1S/C19H17N5O2S/c25-18(14-9-13(22-23-14)17-6-3-7-27-17)20-11-8-16-19(26)21-12-4-1-2-5-15(12)24(16)10-11/h1-7,9,11,16H,8,10H2,(H,20,25)(H,21,26)(H,22,23). The molecule has 0 saturated carbocycles. The van der Waals surface area contributed by atoms with Gasteiger partial charge in [0.05, 0.1) is 21.9 Å². The van der Waals surface area contributed by atoms with Crippen molar-refractivity contribution in [2.45, 2.75) is 18.5 Å². The summed E-state index contributed by atoms with van der Waals surface area (Å²) in [6.45, 7) is 0.600. The van der Waals surface area contributed by atoms with E-state index in [4.69, 9.17) is 0 Å². The number of carbonyl (C=O) groups excluding carboxylic acids is 2. The highest BCUT2D eigenvalue weighted by Gasteiger charge is 2.41. The lowest BCUT2D eigenvalue weighted by atomic mass is 10.1. The Balaban J connectivity index is 1.31. The molecule has 2 amide bonds. The van der Waals surface area contributed by atoms with E-state index in [1.165, 1.54) is 0 Å². The highest BCUT2D eigenvalue weighted by molar-refractivity contribution is 7.13. The maximum atomic E-state index is 12.6. The molecule has 2 unspecified atom stereocenters.